The van der Waals surface area contributed by atoms with E-state index in [1.165, 1.54) is 0 Å². The van der Waals surface area contributed by atoms with Crippen molar-refractivity contribution in [2.45, 2.75) is 6.92 Å². The molecule has 4 nitrogen and oxygen atoms in total. The van der Waals surface area contributed by atoms with Gasteiger partial charge in [-0.05, 0) is 24.4 Å². The van der Waals surface area contributed by atoms with E-state index in [-0.39, 0.29) is 0 Å². The van der Waals surface area contributed by atoms with Gasteiger partial charge in [0, 0.05) is 18.8 Å². The van der Waals surface area contributed by atoms with Crippen molar-refractivity contribution < 1.29 is 9.47 Å². The number of fused-ring (bicyclic) bond motifs is 1. The van der Waals surface area contributed by atoms with Crippen LogP contribution >= 0.6 is 0 Å². The summed E-state index contributed by atoms with van der Waals surface area (Å²) in [6.45, 7) is 2.86. The number of hydrogen-bond acceptors (Lipinski definition) is 4. The van der Waals surface area contributed by atoms with Crippen molar-refractivity contribution >= 4 is 16.6 Å². The van der Waals surface area contributed by atoms with Gasteiger partial charge in [-0.2, -0.15) is 0 Å². The molecule has 0 amide bonds. The predicted molar refractivity (Wildman–Crippen MR) is 69.0 cm³/mol. The molecular formula is C13H16N2O2. The molecule has 1 heterocycles. The molecule has 0 spiro atoms. The Balaban J connectivity index is 2.70. The number of nitrogens with one attached hydrogen (secondary N) is 1. The van der Waals surface area contributed by atoms with Crippen LogP contribution in [0.4, 0.5) is 5.82 Å². The third-order valence-corrected chi connectivity index (χ3v) is 2.60. The SMILES string of the molecule is CCNc1nccc2cc(OC)cc(OC)c12. The van der Waals surface area contributed by atoms with Crippen LogP contribution in [0.3, 0.4) is 0 Å². The first-order chi connectivity index (χ1) is 8.30. The third kappa shape index (κ3) is 2.11. The topological polar surface area (TPSA) is 43.4 Å². The molecule has 0 fully saturated rings. The minimum Gasteiger partial charge on any atom is -0.497 e. The van der Waals surface area contributed by atoms with Gasteiger partial charge >= 0.3 is 0 Å². The Hall–Kier alpha value is -1.97. The minimum atomic E-state index is 0.767. The van der Waals surface area contributed by atoms with E-state index in [0.29, 0.717) is 0 Å². The summed E-state index contributed by atoms with van der Waals surface area (Å²) < 4.78 is 10.6. The Morgan fingerprint density at radius 2 is 2.06 bits per heavy atom. The molecule has 0 saturated carbocycles. The lowest BCUT2D eigenvalue weighted by molar-refractivity contribution is 0.398. The van der Waals surface area contributed by atoms with Crippen LogP contribution in [0, 0.1) is 0 Å². The van der Waals surface area contributed by atoms with Crippen LogP contribution in [0.25, 0.3) is 10.8 Å². The normalized spacial score (nSPS) is 10.3. The van der Waals surface area contributed by atoms with Crippen molar-refractivity contribution in [1.29, 1.82) is 0 Å². The molecular weight excluding hydrogens is 216 g/mol. The highest BCUT2D eigenvalue weighted by atomic mass is 16.5. The second-order valence-corrected chi connectivity index (χ2v) is 3.62. The lowest BCUT2D eigenvalue weighted by Gasteiger charge is -2.12. The molecule has 2 aromatic rings. The number of aromatic nitrogens is 1. The van der Waals surface area contributed by atoms with E-state index in [9.17, 15) is 0 Å². The van der Waals surface area contributed by atoms with Crippen molar-refractivity contribution in [2.24, 2.45) is 0 Å². The van der Waals surface area contributed by atoms with E-state index in [2.05, 4.69) is 10.3 Å². The van der Waals surface area contributed by atoms with E-state index in [1.54, 1.807) is 20.4 Å². The van der Waals surface area contributed by atoms with Crippen LogP contribution in [0.5, 0.6) is 11.5 Å². The second kappa shape index (κ2) is 4.91. The van der Waals surface area contributed by atoms with E-state index in [1.807, 2.05) is 25.1 Å². The van der Waals surface area contributed by atoms with Gasteiger partial charge in [0.15, 0.2) is 0 Å². The molecule has 90 valence electrons. The zero-order valence-electron chi connectivity index (χ0n) is 10.3. The van der Waals surface area contributed by atoms with Crippen LogP contribution in [0.1, 0.15) is 6.92 Å². The molecule has 17 heavy (non-hydrogen) atoms. The van der Waals surface area contributed by atoms with Gasteiger partial charge in [-0.25, -0.2) is 4.98 Å². The highest BCUT2D eigenvalue weighted by Gasteiger charge is 2.10. The molecule has 0 aliphatic carbocycles. The summed E-state index contributed by atoms with van der Waals surface area (Å²) in [6.07, 6.45) is 1.78. The molecule has 1 aromatic heterocycles. The zero-order chi connectivity index (χ0) is 12.3. The summed E-state index contributed by atoms with van der Waals surface area (Å²) in [5.41, 5.74) is 0. The Labute approximate surface area is 101 Å². The summed E-state index contributed by atoms with van der Waals surface area (Å²) in [4.78, 5) is 4.33. The Bertz CT molecular complexity index is 526. The summed E-state index contributed by atoms with van der Waals surface area (Å²) in [5, 5.41) is 5.26. The number of methoxy groups -OCH3 is 2. The number of ether oxygens (including phenoxy) is 2. The molecule has 0 aliphatic heterocycles. The molecule has 0 bridgehead atoms. The first-order valence-electron chi connectivity index (χ1n) is 5.54. The van der Waals surface area contributed by atoms with Gasteiger partial charge in [0.05, 0.1) is 19.6 Å². The maximum absolute atomic E-state index is 5.40. The predicted octanol–water partition coefficient (Wildman–Crippen LogP) is 2.68. The largest absolute Gasteiger partial charge is 0.497 e. The Morgan fingerprint density at radius 1 is 1.24 bits per heavy atom. The fraction of sp³-hybridized carbons (Fsp3) is 0.308. The van der Waals surface area contributed by atoms with Gasteiger partial charge in [-0.1, -0.05) is 0 Å². The Kier molecular flexibility index (Phi) is 3.32. The van der Waals surface area contributed by atoms with E-state index in [4.69, 9.17) is 9.47 Å². The van der Waals surface area contributed by atoms with Gasteiger partial charge in [0.25, 0.3) is 0 Å². The van der Waals surface area contributed by atoms with E-state index >= 15 is 0 Å². The van der Waals surface area contributed by atoms with Crippen molar-refractivity contribution in [3.8, 4) is 11.5 Å². The van der Waals surface area contributed by atoms with Crippen molar-refractivity contribution in [3.05, 3.63) is 24.4 Å². The van der Waals surface area contributed by atoms with Crippen molar-refractivity contribution in [2.75, 3.05) is 26.1 Å². The van der Waals surface area contributed by atoms with Crippen LogP contribution in [0.15, 0.2) is 24.4 Å². The summed E-state index contributed by atoms with van der Waals surface area (Å²) in [6, 6.07) is 5.78. The van der Waals surface area contributed by atoms with Crippen LogP contribution < -0.4 is 14.8 Å². The first kappa shape index (κ1) is 11.5. The van der Waals surface area contributed by atoms with Gasteiger partial charge in [-0.3, -0.25) is 0 Å². The monoisotopic (exact) mass is 232 g/mol. The zero-order valence-corrected chi connectivity index (χ0v) is 10.3. The fourth-order valence-corrected chi connectivity index (χ4v) is 1.83. The molecule has 0 radical (unpaired) electrons. The number of nitrogens with zero attached hydrogens (tertiary/aromatic N) is 1. The summed E-state index contributed by atoms with van der Waals surface area (Å²) in [7, 11) is 3.30. The minimum absolute atomic E-state index is 0.767. The standard InChI is InChI=1S/C13H16N2O2/c1-4-14-13-12-9(5-6-15-13)7-10(16-2)8-11(12)17-3/h5-8H,4H2,1-3H3,(H,14,15). The average Bonchev–Trinajstić information content (AvgIpc) is 2.38. The fourth-order valence-electron chi connectivity index (χ4n) is 1.83. The number of benzene rings is 1. The highest BCUT2D eigenvalue weighted by Crippen LogP contribution is 2.34. The Morgan fingerprint density at radius 3 is 2.71 bits per heavy atom. The first-order valence-corrected chi connectivity index (χ1v) is 5.54. The molecule has 0 atom stereocenters. The smallest absolute Gasteiger partial charge is 0.137 e. The molecule has 0 saturated heterocycles. The maximum atomic E-state index is 5.40. The highest BCUT2D eigenvalue weighted by molar-refractivity contribution is 5.97. The van der Waals surface area contributed by atoms with Gasteiger partial charge in [0.2, 0.25) is 0 Å². The maximum Gasteiger partial charge on any atom is 0.137 e. The molecule has 2 rings (SSSR count). The number of anilines is 1. The van der Waals surface area contributed by atoms with Gasteiger partial charge in [-0.15, -0.1) is 0 Å². The summed E-state index contributed by atoms with van der Waals surface area (Å²) in [5.74, 6) is 2.39. The van der Waals surface area contributed by atoms with Crippen molar-refractivity contribution in [3.63, 3.8) is 0 Å². The number of rotatable bonds is 4. The molecule has 4 heteroatoms. The van der Waals surface area contributed by atoms with Gasteiger partial charge < -0.3 is 14.8 Å². The lowest BCUT2D eigenvalue weighted by atomic mass is 10.1. The molecule has 1 aromatic carbocycles. The van der Waals surface area contributed by atoms with Crippen LogP contribution in [0.2, 0.25) is 0 Å². The summed E-state index contributed by atoms with van der Waals surface area (Å²) >= 11 is 0. The van der Waals surface area contributed by atoms with E-state index in [0.717, 1.165) is 34.6 Å². The van der Waals surface area contributed by atoms with E-state index < -0.39 is 0 Å². The molecule has 1 N–H and O–H groups in total. The van der Waals surface area contributed by atoms with Crippen LogP contribution in [-0.4, -0.2) is 25.7 Å². The average molecular weight is 232 g/mol. The van der Waals surface area contributed by atoms with Gasteiger partial charge in [0.1, 0.15) is 17.3 Å². The lowest BCUT2D eigenvalue weighted by Crippen LogP contribution is -2.01. The third-order valence-electron chi connectivity index (χ3n) is 2.60. The van der Waals surface area contributed by atoms with Crippen LogP contribution in [-0.2, 0) is 0 Å². The second-order valence-electron chi connectivity index (χ2n) is 3.62. The number of pyridine rings is 1. The number of hydrogen-bond donors (Lipinski definition) is 1. The van der Waals surface area contributed by atoms with Crippen molar-refractivity contribution in [1.82, 2.24) is 4.98 Å². The molecule has 0 unspecified atom stereocenters. The molecule has 0 aliphatic rings. The quantitative estimate of drug-likeness (QED) is 0.880.